The molecule has 5 heteroatoms. The number of ether oxygens (including phenoxy) is 4. The van der Waals surface area contributed by atoms with Crippen LogP contribution in [-0.4, -0.2) is 31.9 Å². The molecule has 0 amide bonds. The Labute approximate surface area is 172 Å². The first kappa shape index (κ1) is 21.1. The minimum atomic E-state index is -0.242. The lowest BCUT2D eigenvalue weighted by atomic mass is 10.1. The number of hydrogen-bond donors (Lipinski definition) is 0. The van der Waals surface area contributed by atoms with Gasteiger partial charge in [-0.05, 0) is 23.6 Å². The van der Waals surface area contributed by atoms with E-state index in [1.165, 1.54) is 7.11 Å². The fourth-order valence-electron chi connectivity index (χ4n) is 3.17. The Bertz CT molecular complexity index is 772. The zero-order valence-corrected chi connectivity index (χ0v) is 16.8. The molecule has 5 nitrogen and oxygen atoms in total. The van der Waals surface area contributed by atoms with Crippen LogP contribution in [0.3, 0.4) is 0 Å². The second kappa shape index (κ2) is 11.4. The number of esters is 1. The van der Waals surface area contributed by atoms with Crippen molar-refractivity contribution in [3.05, 3.63) is 83.6 Å². The molecule has 29 heavy (non-hydrogen) atoms. The minimum Gasteiger partial charge on any atom is -0.490 e. The minimum absolute atomic E-state index is 0.104. The van der Waals surface area contributed by atoms with E-state index in [0.29, 0.717) is 32.7 Å². The van der Waals surface area contributed by atoms with Crippen LogP contribution in [0.15, 0.2) is 72.5 Å². The number of hydrogen-bond acceptors (Lipinski definition) is 5. The van der Waals surface area contributed by atoms with Crippen molar-refractivity contribution in [2.45, 2.75) is 44.7 Å². The Morgan fingerprint density at radius 3 is 2.31 bits per heavy atom. The molecule has 0 radical (unpaired) electrons. The summed E-state index contributed by atoms with van der Waals surface area (Å²) >= 11 is 0. The van der Waals surface area contributed by atoms with E-state index in [1.807, 2.05) is 66.7 Å². The lowest BCUT2D eigenvalue weighted by Gasteiger charge is -2.32. The smallest absolute Gasteiger partial charge is 0.305 e. The van der Waals surface area contributed by atoms with Gasteiger partial charge in [0.2, 0.25) is 0 Å². The van der Waals surface area contributed by atoms with E-state index < -0.39 is 0 Å². The van der Waals surface area contributed by atoms with Crippen LogP contribution in [0.25, 0.3) is 0 Å². The van der Waals surface area contributed by atoms with Crippen molar-refractivity contribution in [1.29, 1.82) is 0 Å². The molecule has 0 saturated heterocycles. The quantitative estimate of drug-likeness (QED) is 0.557. The van der Waals surface area contributed by atoms with E-state index >= 15 is 0 Å². The van der Waals surface area contributed by atoms with Gasteiger partial charge in [-0.1, -0.05) is 60.7 Å². The van der Waals surface area contributed by atoms with Crippen LogP contribution in [0, 0.1) is 0 Å². The molecule has 0 fully saturated rings. The van der Waals surface area contributed by atoms with E-state index in [1.54, 1.807) is 0 Å². The Morgan fingerprint density at radius 1 is 1.00 bits per heavy atom. The number of rotatable bonds is 10. The van der Waals surface area contributed by atoms with Gasteiger partial charge in [-0.15, -0.1) is 0 Å². The summed E-state index contributed by atoms with van der Waals surface area (Å²) < 4.78 is 22.9. The Kier molecular flexibility index (Phi) is 8.28. The van der Waals surface area contributed by atoms with Crippen LogP contribution in [0.1, 0.15) is 30.4 Å². The monoisotopic (exact) mass is 396 g/mol. The summed E-state index contributed by atoms with van der Waals surface area (Å²) in [6.07, 6.45) is 3.23. The van der Waals surface area contributed by atoms with Crippen molar-refractivity contribution >= 4 is 5.97 Å². The number of carbonyl (C=O) groups is 1. The predicted octanol–water partition coefficient (Wildman–Crippen LogP) is 4.41. The molecule has 3 rings (SSSR count). The van der Waals surface area contributed by atoms with E-state index in [9.17, 15) is 4.79 Å². The summed E-state index contributed by atoms with van der Waals surface area (Å²) in [5, 5.41) is 0. The molecular formula is C24H28O5. The molecule has 0 spiro atoms. The van der Waals surface area contributed by atoms with Crippen LogP contribution in [-0.2, 0) is 37.0 Å². The summed E-state index contributed by atoms with van der Waals surface area (Å²) in [5.74, 6) is 0.553. The van der Waals surface area contributed by atoms with Gasteiger partial charge in [0, 0.05) is 6.42 Å². The Morgan fingerprint density at radius 2 is 1.66 bits per heavy atom. The average molecular weight is 396 g/mol. The maximum atomic E-state index is 11.4. The van der Waals surface area contributed by atoms with Gasteiger partial charge in [0.25, 0.3) is 0 Å². The third-order valence-electron chi connectivity index (χ3n) is 4.80. The number of carbonyl (C=O) groups excluding carboxylic acids is 1. The topological polar surface area (TPSA) is 54.0 Å². The normalized spacial score (nSPS) is 18.6. The molecule has 0 bridgehead atoms. The van der Waals surface area contributed by atoms with E-state index in [-0.39, 0.29) is 18.2 Å². The highest BCUT2D eigenvalue weighted by Crippen LogP contribution is 2.25. The van der Waals surface area contributed by atoms with Crippen molar-refractivity contribution in [3.8, 4) is 0 Å². The maximum Gasteiger partial charge on any atom is 0.305 e. The second-order valence-corrected chi connectivity index (χ2v) is 6.97. The highest BCUT2D eigenvalue weighted by Gasteiger charge is 2.28. The van der Waals surface area contributed by atoms with Crippen LogP contribution in [0.4, 0.5) is 0 Å². The molecule has 1 aliphatic rings. The van der Waals surface area contributed by atoms with Crippen LogP contribution in [0.5, 0.6) is 0 Å². The van der Waals surface area contributed by atoms with Crippen LogP contribution >= 0.6 is 0 Å². The van der Waals surface area contributed by atoms with Gasteiger partial charge in [0.15, 0.2) is 0 Å². The first-order valence-electron chi connectivity index (χ1n) is 9.94. The predicted molar refractivity (Wildman–Crippen MR) is 110 cm³/mol. The van der Waals surface area contributed by atoms with Crippen LogP contribution in [0.2, 0.25) is 0 Å². The van der Waals surface area contributed by atoms with Gasteiger partial charge in [0.1, 0.15) is 12.2 Å². The summed E-state index contributed by atoms with van der Waals surface area (Å²) in [6, 6.07) is 20.1. The molecule has 1 aliphatic heterocycles. The summed E-state index contributed by atoms with van der Waals surface area (Å²) in [6.45, 7) is 1.46. The van der Waals surface area contributed by atoms with Crippen molar-refractivity contribution in [1.82, 2.24) is 0 Å². The molecule has 0 N–H and O–H groups in total. The Balaban J connectivity index is 1.56. The highest BCUT2D eigenvalue weighted by atomic mass is 16.6. The van der Waals surface area contributed by atoms with Crippen LogP contribution < -0.4 is 0 Å². The van der Waals surface area contributed by atoms with E-state index in [4.69, 9.17) is 18.9 Å². The third-order valence-corrected chi connectivity index (χ3v) is 4.80. The zero-order chi connectivity index (χ0) is 20.3. The standard InChI is InChI=1S/C24H28O5/c1-26-24(25)15-13-21-12-14-22(28-17-20-10-6-3-7-11-20)23(29-21)18-27-16-19-8-4-2-5-9-19/h2-12,22-23H,13-18H2,1H3/t22-,23+/m0/s1. The van der Waals surface area contributed by atoms with Gasteiger partial charge in [-0.3, -0.25) is 4.79 Å². The SMILES string of the molecule is COC(=O)CCC1=CC[C@H](OCc2ccccc2)[C@@H](COCc2ccccc2)O1. The molecule has 0 aliphatic carbocycles. The van der Waals surface area contributed by atoms with Crippen molar-refractivity contribution in [2.24, 2.45) is 0 Å². The molecule has 2 aromatic rings. The number of allylic oxidation sites excluding steroid dienone is 1. The van der Waals surface area contributed by atoms with Gasteiger partial charge >= 0.3 is 5.97 Å². The average Bonchev–Trinajstić information content (AvgIpc) is 2.78. The zero-order valence-electron chi connectivity index (χ0n) is 16.8. The largest absolute Gasteiger partial charge is 0.490 e. The van der Waals surface area contributed by atoms with E-state index in [0.717, 1.165) is 23.3 Å². The van der Waals surface area contributed by atoms with Crippen molar-refractivity contribution < 1.29 is 23.7 Å². The fourth-order valence-corrected chi connectivity index (χ4v) is 3.17. The lowest BCUT2D eigenvalue weighted by Crippen LogP contribution is -2.37. The molecule has 2 aromatic carbocycles. The molecule has 1 heterocycles. The van der Waals surface area contributed by atoms with Crippen molar-refractivity contribution in [2.75, 3.05) is 13.7 Å². The summed E-state index contributed by atoms with van der Waals surface area (Å²) in [4.78, 5) is 11.4. The number of methoxy groups -OCH3 is 1. The van der Waals surface area contributed by atoms with E-state index in [2.05, 4.69) is 0 Å². The molecule has 0 unspecified atom stereocenters. The molecular weight excluding hydrogens is 368 g/mol. The third kappa shape index (κ3) is 7.04. The first-order chi connectivity index (χ1) is 14.2. The summed E-state index contributed by atoms with van der Waals surface area (Å²) in [7, 11) is 1.39. The first-order valence-corrected chi connectivity index (χ1v) is 9.94. The van der Waals surface area contributed by atoms with Gasteiger partial charge in [-0.25, -0.2) is 0 Å². The van der Waals surface area contributed by atoms with Gasteiger partial charge in [0.05, 0.1) is 39.1 Å². The fraction of sp³-hybridized carbons (Fsp3) is 0.375. The molecule has 0 saturated carbocycles. The molecule has 154 valence electrons. The lowest BCUT2D eigenvalue weighted by molar-refractivity contribution is -0.141. The molecule has 0 aromatic heterocycles. The van der Waals surface area contributed by atoms with Crippen molar-refractivity contribution in [3.63, 3.8) is 0 Å². The number of benzene rings is 2. The van der Waals surface area contributed by atoms with Gasteiger partial charge in [-0.2, -0.15) is 0 Å². The summed E-state index contributed by atoms with van der Waals surface area (Å²) in [5.41, 5.74) is 2.24. The van der Waals surface area contributed by atoms with Gasteiger partial charge < -0.3 is 18.9 Å². The second-order valence-electron chi connectivity index (χ2n) is 6.97. The highest BCUT2D eigenvalue weighted by molar-refractivity contribution is 5.69. The Hall–Kier alpha value is -2.63. The maximum absolute atomic E-state index is 11.4. The molecule has 2 atom stereocenters.